The summed E-state index contributed by atoms with van der Waals surface area (Å²) < 4.78 is 0. The third-order valence-corrected chi connectivity index (χ3v) is 2.44. The highest BCUT2D eigenvalue weighted by molar-refractivity contribution is 7.10. The van der Waals surface area contributed by atoms with E-state index in [4.69, 9.17) is 10.2 Å². The lowest BCUT2D eigenvalue weighted by Crippen LogP contribution is -1.80. The Morgan fingerprint density at radius 1 is 1.42 bits per heavy atom. The van der Waals surface area contributed by atoms with E-state index < -0.39 is 0 Å². The average molecular weight is 184 g/mol. The third kappa shape index (κ3) is 2.44. The van der Waals surface area contributed by atoms with E-state index in [2.05, 4.69) is 0 Å². The van der Waals surface area contributed by atoms with Crippen LogP contribution < -0.4 is 0 Å². The minimum atomic E-state index is 0.0937. The zero-order valence-electron chi connectivity index (χ0n) is 6.73. The van der Waals surface area contributed by atoms with Crippen molar-refractivity contribution >= 4 is 17.4 Å². The van der Waals surface area contributed by atoms with Crippen molar-refractivity contribution in [2.45, 2.75) is 13.0 Å². The largest absolute Gasteiger partial charge is 0.396 e. The molecule has 0 aliphatic rings. The number of hydrogen-bond donors (Lipinski definition) is 2. The summed E-state index contributed by atoms with van der Waals surface area (Å²) in [5, 5.41) is 19.4. The Morgan fingerprint density at radius 2 is 2.25 bits per heavy atom. The van der Waals surface area contributed by atoms with Gasteiger partial charge in [0.05, 0.1) is 6.61 Å². The van der Waals surface area contributed by atoms with E-state index in [9.17, 15) is 0 Å². The number of rotatable bonds is 4. The van der Waals surface area contributed by atoms with Crippen LogP contribution in [0.25, 0.3) is 6.08 Å². The van der Waals surface area contributed by atoms with E-state index in [1.807, 2.05) is 23.6 Å². The van der Waals surface area contributed by atoms with Gasteiger partial charge in [-0.15, -0.1) is 11.3 Å². The molecule has 0 radical (unpaired) electrons. The first-order valence-electron chi connectivity index (χ1n) is 3.83. The highest BCUT2D eigenvalue weighted by Crippen LogP contribution is 2.17. The molecule has 0 saturated carbocycles. The summed E-state index contributed by atoms with van der Waals surface area (Å²) in [7, 11) is 0. The number of thiophene rings is 1. The van der Waals surface area contributed by atoms with Crippen LogP contribution in [-0.4, -0.2) is 16.8 Å². The molecule has 66 valence electrons. The fraction of sp³-hybridized carbons (Fsp3) is 0.333. The predicted molar refractivity (Wildman–Crippen MR) is 51.0 cm³/mol. The molecule has 1 heterocycles. The van der Waals surface area contributed by atoms with Crippen molar-refractivity contribution in [3.05, 3.63) is 28.0 Å². The van der Waals surface area contributed by atoms with Crippen molar-refractivity contribution in [2.75, 3.05) is 6.61 Å². The van der Waals surface area contributed by atoms with Gasteiger partial charge in [0.2, 0.25) is 0 Å². The quantitative estimate of drug-likeness (QED) is 0.746. The molecule has 0 bridgehead atoms. The van der Waals surface area contributed by atoms with Crippen LogP contribution in [-0.2, 0) is 6.61 Å². The zero-order valence-corrected chi connectivity index (χ0v) is 7.55. The summed E-state index contributed by atoms with van der Waals surface area (Å²) in [5.74, 6) is 0. The fourth-order valence-corrected chi connectivity index (χ4v) is 1.64. The summed E-state index contributed by atoms with van der Waals surface area (Å²) in [5.41, 5.74) is 1.05. The maximum atomic E-state index is 8.89. The van der Waals surface area contributed by atoms with E-state index in [0.717, 1.165) is 10.4 Å². The van der Waals surface area contributed by atoms with E-state index >= 15 is 0 Å². The Balaban J connectivity index is 2.61. The minimum Gasteiger partial charge on any atom is -0.396 e. The third-order valence-electron chi connectivity index (χ3n) is 1.52. The highest BCUT2D eigenvalue weighted by Gasteiger charge is 1.97. The van der Waals surface area contributed by atoms with E-state index in [1.165, 1.54) is 0 Å². The molecule has 0 atom stereocenters. The van der Waals surface area contributed by atoms with Crippen LogP contribution in [0.15, 0.2) is 17.5 Å². The van der Waals surface area contributed by atoms with Gasteiger partial charge in [-0.05, 0) is 23.4 Å². The lowest BCUT2D eigenvalue weighted by molar-refractivity contribution is 0.285. The van der Waals surface area contributed by atoms with Gasteiger partial charge in [0.25, 0.3) is 0 Å². The topological polar surface area (TPSA) is 40.5 Å². The van der Waals surface area contributed by atoms with Crippen LogP contribution in [0.2, 0.25) is 0 Å². The van der Waals surface area contributed by atoms with Crippen molar-refractivity contribution in [3.8, 4) is 0 Å². The van der Waals surface area contributed by atoms with Crippen molar-refractivity contribution in [1.82, 2.24) is 0 Å². The normalized spacial score (nSPS) is 11.2. The molecule has 0 fully saturated rings. The Kier molecular flexibility index (Phi) is 4.00. The number of hydrogen-bond acceptors (Lipinski definition) is 3. The Bertz CT molecular complexity index is 253. The van der Waals surface area contributed by atoms with Crippen LogP contribution in [0.5, 0.6) is 0 Å². The van der Waals surface area contributed by atoms with Crippen LogP contribution in [0, 0.1) is 0 Å². The van der Waals surface area contributed by atoms with Gasteiger partial charge in [-0.3, -0.25) is 0 Å². The van der Waals surface area contributed by atoms with Gasteiger partial charge >= 0.3 is 0 Å². The fourth-order valence-electron chi connectivity index (χ4n) is 0.912. The number of aliphatic hydroxyl groups excluding tert-OH is 2. The van der Waals surface area contributed by atoms with E-state index in [-0.39, 0.29) is 13.2 Å². The molecular weight excluding hydrogens is 172 g/mol. The van der Waals surface area contributed by atoms with Crippen LogP contribution in [0.1, 0.15) is 16.9 Å². The molecule has 0 aliphatic carbocycles. The SMILES string of the molecule is OCCC=Cc1ccsc1CO. The van der Waals surface area contributed by atoms with E-state index in [0.29, 0.717) is 6.42 Å². The van der Waals surface area contributed by atoms with Crippen molar-refractivity contribution in [2.24, 2.45) is 0 Å². The zero-order chi connectivity index (χ0) is 8.81. The molecular formula is C9H12O2S. The summed E-state index contributed by atoms with van der Waals surface area (Å²) in [6.07, 6.45) is 4.50. The Labute approximate surface area is 75.8 Å². The predicted octanol–water partition coefficient (Wildman–Crippen LogP) is 1.64. The molecule has 1 rings (SSSR count). The standard InChI is InChI=1S/C9H12O2S/c10-5-2-1-3-8-4-6-12-9(8)7-11/h1,3-4,6,10-11H,2,5,7H2. The van der Waals surface area contributed by atoms with Crippen LogP contribution in [0.4, 0.5) is 0 Å². The average Bonchev–Trinajstić information content (AvgIpc) is 2.52. The molecule has 0 aromatic carbocycles. The summed E-state index contributed by atoms with van der Waals surface area (Å²) >= 11 is 1.54. The molecule has 0 aliphatic heterocycles. The lowest BCUT2D eigenvalue weighted by Gasteiger charge is -1.92. The second kappa shape index (κ2) is 5.09. The monoisotopic (exact) mass is 184 g/mol. The Morgan fingerprint density at radius 3 is 2.92 bits per heavy atom. The number of aliphatic hydroxyl groups is 2. The molecule has 1 aromatic rings. The molecule has 1 aromatic heterocycles. The molecule has 0 amide bonds. The molecule has 0 saturated heterocycles. The van der Waals surface area contributed by atoms with Crippen molar-refractivity contribution in [3.63, 3.8) is 0 Å². The van der Waals surface area contributed by atoms with Gasteiger partial charge in [0.15, 0.2) is 0 Å². The molecule has 12 heavy (non-hydrogen) atoms. The van der Waals surface area contributed by atoms with Gasteiger partial charge in [-0.25, -0.2) is 0 Å². The maximum absolute atomic E-state index is 8.89. The van der Waals surface area contributed by atoms with Crippen molar-refractivity contribution in [1.29, 1.82) is 0 Å². The van der Waals surface area contributed by atoms with Gasteiger partial charge in [0.1, 0.15) is 0 Å². The molecule has 2 nitrogen and oxygen atoms in total. The minimum absolute atomic E-state index is 0.0937. The van der Waals surface area contributed by atoms with E-state index in [1.54, 1.807) is 11.3 Å². The summed E-state index contributed by atoms with van der Waals surface area (Å²) in [4.78, 5) is 0.976. The first-order valence-corrected chi connectivity index (χ1v) is 4.71. The van der Waals surface area contributed by atoms with Crippen molar-refractivity contribution < 1.29 is 10.2 Å². The van der Waals surface area contributed by atoms with Gasteiger partial charge < -0.3 is 10.2 Å². The Hall–Kier alpha value is -0.640. The van der Waals surface area contributed by atoms with Gasteiger partial charge in [0, 0.05) is 11.5 Å². The maximum Gasteiger partial charge on any atom is 0.0780 e. The lowest BCUT2D eigenvalue weighted by atomic mass is 10.2. The highest BCUT2D eigenvalue weighted by atomic mass is 32.1. The van der Waals surface area contributed by atoms with Crippen LogP contribution in [0.3, 0.4) is 0 Å². The molecule has 0 spiro atoms. The molecule has 2 N–H and O–H groups in total. The first kappa shape index (κ1) is 9.45. The molecule has 3 heteroatoms. The second-order valence-corrected chi connectivity index (χ2v) is 3.37. The second-order valence-electron chi connectivity index (χ2n) is 2.37. The van der Waals surface area contributed by atoms with Crippen LogP contribution >= 0.6 is 11.3 Å². The summed E-state index contributed by atoms with van der Waals surface area (Å²) in [6, 6.07) is 1.96. The molecule has 0 unspecified atom stereocenters. The smallest absolute Gasteiger partial charge is 0.0780 e. The first-order chi connectivity index (χ1) is 5.88. The van der Waals surface area contributed by atoms with Gasteiger partial charge in [-0.1, -0.05) is 12.2 Å². The van der Waals surface area contributed by atoms with Gasteiger partial charge in [-0.2, -0.15) is 0 Å². The summed E-state index contributed by atoms with van der Waals surface area (Å²) in [6.45, 7) is 0.269.